The second kappa shape index (κ2) is 6.17. The third kappa shape index (κ3) is 3.25. The molecule has 1 atom stereocenters. The molecular weight excluding hydrogens is 291 g/mol. The molecule has 1 aliphatic heterocycles. The number of likely N-dealkylation sites (N-methyl/N-ethyl adjacent to an activating group) is 1. The molecule has 1 aromatic rings. The smallest absolute Gasteiger partial charge is 0.243 e. The minimum atomic E-state index is -3.50. The summed E-state index contributed by atoms with van der Waals surface area (Å²) < 4.78 is 39.3. The lowest BCUT2D eigenvalue weighted by atomic mass is 10.2. The van der Waals surface area contributed by atoms with Crippen molar-refractivity contribution in [3.05, 3.63) is 29.6 Å². The van der Waals surface area contributed by atoms with Crippen LogP contribution in [0.4, 0.5) is 4.39 Å². The zero-order chi connectivity index (χ0) is 13.3. The van der Waals surface area contributed by atoms with E-state index >= 15 is 0 Å². The largest absolute Gasteiger partial charge is 0.316 e. The molecule has 0 aliphatic carbocycles. The zero-order valence-electron chi connectivity index (χ0n) is 10.9. The Morgan fingerprint density at radius 3 is 2.63 bits per heavy atom. The third-order valence-electron chi connectivity index (χ3n) is 3.31. The van der Waals surface area contributed by atoms with Crippen molar-refractivity contribution in [2.45, 2.75) is 24.3 Å². The van der Waals surface area contributed by atoms with Gasteiger partial charge in [0.1, 0.15) is 5.82 Å². The summed E-state index contributed by atoms with van der Waals surface area (Å²) in [6.07, 6.45) is 0.802. The predicted octanol–water partition coefficient (Wildman–Crippen LogP) is 1.54. The fourth-order valence-corrected chi connectivity index (χ4v) is 3.93. The van der Waals surface area contributed by atoms with Gasteiger partial charge in [-0.25, -0.2) is 12.8 Å². The maximum Gasteiger partial charge on any atom is 0.243 e. The highest BCUT2D eigenvalue weighted by Gasteiger charge is 2.32. The molecule has 1 heterocycles. The van der Waals surface area contributed by atoms with Crippen LogP contribution in [0.1, 0.15) is 12.0 Å². The van der Waals surface area contributed by atoms with Gasteiger partial charge in [0.25, 0.3) is 0 Å². The Bertz CT molecular complexity index is 551. The number of hydrogen-bond acceptors (Lipinski definition) is 3. The van der Waals surface area contributed by atoms with Crippen LogP contribution in [0.5, 0.6) is 0 Å². The van der Waals surface area contributed by atoms with E-state index in [1.54, 1.807) is 6.92 Å². The monoisotopic (exact) mass is 308 g/mol. The van der Waals surface area contributed by atoms with Crippen molar-refractivity contribution in [3.63, 3.8) is 0 Å². The summed E-state index contributed by atoms with van der Waals surface area (Å²) >= 11 is 0. The van der Waals surface area contributed by atoms with Gasteiger partial charge in [-0.1, -0.05) is 0 Å². The van der Waals surface area contributed by atoms with E-state index in [4.69, 9.17) is 0 Å². The lowest BCUT2D eigenvalue weighted by Crippen LogP contribution is -2.33. The van der Waals surface area contributed by atoms with Gasteiger partial charge in [-0.15, -0.1) is 12.4 Å². The van der Waals surface area contributed by atoms with E-state index in [1.807, 2.05) is 7.05 Å². The summed E-state index contributed by atoms with van der Waals surface area (Å²) in [5, 5.41) is 3.08. The van der Waals surface area contributed by atoms with Gasteiger partial charge in [-0.2, -0.15) is 4.31 Å². The number of halogens is 2. The van der Waals surface area contributed by atoms with E-state index in [1.165, 1.54) is 22.5 Å². The first-order chi connectivity index (χ1) is 8.45. The Balaban J connectivity index is 0.00000180. The fraction of sp³-hybridized carbons (Fsp3) is 0.500. The van der Waals surface area contributed by atoms with Gasteiger partial charge < -0.3 is 5.32 Å². The average Bonchev–Trinajstić information content (AvgIpc) is 2.77. The normalized spacial score (nSPS) is 20.3. The molecule has 4 nitrogen and oxygen atoms in total. The molecule has 1 aromatic carbocycles. The van der Waals surface area contributed by atoms with Crippen molar-refractivity contribution in [3.8, 4) is 0 Å². The molecule has 1 unspecified atom stereocenters. The van der Waals surface area contributed by atoms with Crippen LogP contribution in [0.3, 0.4) is 0 Å². The Labute approximate surface area is 119 Å². The second-order valence-electron chi connectivity index (χ2n) is 4.55. The van der Waals surface area contributed by atoms with Crippen LogP contribution < -0.4 is 5.32 Å². The van der Waals surface area contributed by atoms with Crippen LogP contribution in [0.25, 0.3) is 0 Å². The molecule has 2 rings (SSSR count). The topological polar surface area (TPSA) is 49.4 Å². The minimum Gasteiger partial charge on any atom is -0.316 e. The Morgan fingerprint density at radius 1 is 1.42 bits per heavy atom. The molecule has 7 heteroatoms. The van der Waals surface area contributed by atoms with E-state index in [2.05, 4.69) is 5.32 Å². The van der Waals surface area contributed by atoms with Gasteiger partial charge >= 0.3 is 0 Å². The molecule has 1 fully saturated rings. The number of nitrogens with zero attached hydrogens (tertiary/aromatic N) is 1. The van der Waals surface area contributed by atoms with Crippen molar-refractivity contribution in [1.82, 2.24) is 9.62 Å². The average molecular weight is 309 g/mol. The minimum absolute atomic E-state index is 0. The van der Waals surface area contributed by atoms with E-state index in [9.17, 15) is 12.8 Å². The third-order valence-corrected chi connectivity index (χ3v) is 5.34. The first-order valence-corrected chi connectivity index (χ1v) is 7.32. The summed E-state index contributed by atoms with van der Waals surface area (Å²) in [5.74, 6) is -0.416. The first kappa shape index (κ1) is 16.4. The number of aryl methyl sites for hydroxylation is 1. The Morgan fingerprint density at radius 2 is 2.11 bits per heavy atom. The van der Waals surface area contributed by atoms with Gasteiger partial charge in [0.05, 0.1) is 4.90 Å². The summed E-state index contributed by atoms with van der Waals surface area (Å²) in [6.45, 7) is 2.59. The molecule has 0 spiro atoms. The molecule has 1 N–H and O–H groups in total. The number of nitrogens with one attached hydrogen (secondary N) is 1. The van der Waals surface area contributed by atoms with Crippen molar-refractivity contribution in [2.24, 2.45) is 0 Å². The molecule has 0 radical (unpaired) electrons. The van der Waals surface area contributed by atoms with Crippen molar-refractivity contribution in [2.75, 3.05) is 20.1 Å². The van der Waals surface area contributed by atoms with Gasteiger partial charge in [0.2, 0.25) is 10.0 Å². The molecule has 0 saturated carbocycles. The van der Waals surface area contributed by atoms with E-state index in [-0.39, 0.29) is 23.3 Å². The van der Waals surface area contributed by atoms with Crippen LogP contribution in [0, 0.1) is 12.7 Å². The molecule has 0 amide bonds. The molecular formula is C12H18ClFN2O2S. The van der Waals surface area contributed by atoms with Crippen LogP contribution >= 0.6 is 12.4 Å². The van der Waals surface area contributed by atoms with Gasteiger partial charge in [-0.3, -0.25) is 0 Å². The summed E-state index contributed by atoms with van der Waals surface area (Å²) in [5.41, 5.74) is 0.447. The number of rotatable bonds is 3. The van der Waals surface area contributed by atoms with Crippen LogP contribution in [-0.4, -0.2) is 38.9 Å². The van der Waals surface area contributed by atoms with E-state index in [0.717, 1.165) is 6.42 Å². The fourth-order valence-electron chi connectivity index (χ4n) is 2.22. The maximum absolute atomic E-state index is 13.0. The van der Waals surface area contributed by atoms with Crippen molar-refractivity contribution < 1.29 is 12.8 Å². The van der Waals surface area contributed by atoms with Crippen LogP contribution in [-0.2, 0) is 10.0 Å². The Hall–Kier alpha value is -0.690. The quantitative estimate of drug-likeness (QED) is 0.921. The molecule has 108 valence electrons. The predicted molar refractivity (Wildman–Crippen MR) is 74.6 cm³/mol. The van der Waals surface area contributed by atoms with Crippen molar-refractivity contribution >= 4 is 22.4 Å². The lowest BCUT2D eigenvalue weighted by molar-refractivity contribution is 0.464. The molecule has 0 aromatic heterocycles. The number of hydrogen-bond donors (Lipinski definition) is 1. The highest BCUT2D eigenvalue weighted by Crippen LogP contribution is 2.24. The Kier molecular flexibility index (Phi) is 5.32. The second-order valence-corrected chi connectivity index (χ2v) is 6.45. The standard InChI is InChI=1S/C12H17FN2O2S.ClH/c1-9-7-10(13)3-4-12(9)18(16,17)15-6-5-11(8-15)14-2;/h3-4,7,11,14H,5-6,8H2,1-2H3;1H. The summed E-state index contributed by atoms with van der Waals surface area (Å²) in [7, 11) is -1.68. The SMILES string of the molecule is CNC1CCN(S(=O)(=O)c2ccc(F)cc2C)C1.Cl. The lowest BCUT2D eigenvalue weighted by Gasteiger charge is -2.17. The zero-order valence-corrected chi connectivity index (χ0v) is 12.5. The molecule has 0 bridgehead atoms. The highest BCUT2D eigenvalue weighted by atomic mass is 35.5. The van der Waals surface area contributed by atoms with Gasteiger partial charge in [0, 0.05) is 19.1 Å². The van der Waals surface area contributed by atoms with Crippen molar-refractivity contribution in [1.29, 1.82) is 0 Å². The molecule has 1 aliphatic rings. The van der Waals surface area contributed by atoms with E-state index in [0.29, 0.717) is 18.7 Å². The van der Waals surface area contributed by atoms with Gasteiger partial charge in [0.15, 0.2) is 0 Å². The molecule has 1 saturated heterocycles. The number of sulfonamides is 1. The summed E-state index contributed by atoms with van der Waals surface area (Å²) in [4.78, 5) is 0.195. The van der Waals surface area contributed by atoms with Gasteiger partial charge in [-0.05, 0) is 44.2 Å². The molecule has 19 heavy (non-hydrogen) atoms. The van der Waals surface area contributed by atoms with Crippen LogP contribution in [0.2, 0.25) is 0 Å². The van der Waals surface area contributed by atoms with E-state index < -0.39 is 15.8 Å². The first-order valence-electron chi connectivity index (χ1n) is 5.88. The van der Waals surface area contributed by atoms with Crippen LogP contribution in [0.15, 0.2) is 23.1 Å². The maximum atomic E-state index is 13.0. The highest BCUT2D eigenvalue weighted by molar-refractivity contribution is 7.89. The number of benzene rings is 1. The summed E-state index contributed by atoms with van der Waals surface area (Å²) in [6, 6.07) is 3.97.